The van der Waals surface area contributed by atoms with Crippen molar-refractivity contribution in [1.82, 2.24) is 35.1 Å². The summed E-state index contributed by atoms with van der Waals surface area (Å²) in [5, 5.41) is 11.2. The molecule has 5 heterocycles. The van der Waals surface area contributed by atoms with Gasteiger partial charge < -0.3 is 9.80 Å². The second-order valence-corrected chi connectivity index (χ2v) is 7.31. The van der Waals surface area contributed by atoms with Crippen molar-refractivity contribution in [2.24, 2.45) is 5.92 Å². The van der Waals surface area contributed by atoms with E-state index >= 15 is 0 Å². The molecule has 0 radical (unpaired) electrons. The summed E-state index contributed by atoms with van der Waals surface area (Å²) < 4.78 is 1.57. The van der Waals surface area contributed by atoms with Crippen LogP contribution in [0, 0.1) is 5.92 Å². The van der Waals surface area contributed by atoms with Crippen molar-refractivity contribution in [3.8, 4) is 5.69 Å². The van der Waals surface area contributed by atoms with Crippen LogP contribution >= 0.6 is 0 Å². The molecule has 2 atom stereocenters. The summed E-state index contributed by atoms with van der Waals surface area (Å²) in [5.41, 5.74) is 1.51. The molecule has 3 aliphatic rings. The highest BCUT2D eigenvalue weighted by atomic mass is 16.2. The summed E-state index contributed by atoms with van der Waals surface area (Å²) in [4.78, 5) is 26.3. The van der Waals surface area contributed by atoms with E-state index in [9.17, 15) is 4.79 Å². The molecule has 0 N–H and O–H groups in total. The van der Waals surface area contributed by atoms with Crippen LogP contribution in [0.25, 0.3) is 5.69 Å². The molecule has 3 aliphatic heterocycles. The summed E-state index contributed by atoms with van der Waals surface area (Å²) in [6.07, 6.45) is 7.22. The molecule has 0 aliphatic carbocycles. The predicted molar refractivity (Wildman–Crippen MR) is 101 cm³/mol. The number of aromatic nitrogens is 6. The Hall–Kier alpha value is -3.36. The van der Waals surface area contributed by atoms with Gasteiger partial charge in [0.2, 0.25) is 5.95 Å². The number of carbonyl (C=O) groups is 1. The van der Waals surface area contributed by atoms with Crippen LogP contribution in [0.2, 0.25) is 0 Å². The Morgan fingerprint density at radius 3 is 2.57 bits per heavy atom. The lowest BCUT2D eigenvalue weighted by molar-refractivity contribution is 0.0592. The van der Waals surface area contributed by atoms with E-state index in [1.165, 1.54) is 6.33 Å². The first-order valence-electron chi connectivity index (χ1n) is 9.44. The molecule has 1 aromatic carbocycles. The highest BCUT2D eigenvalue weighted by molar-refractivity contribution is 5.94. The summed E-state index contributed by atoms with van der Waals surface area (Å²) >= 11 is 0. The van der Waals surface area contributed by atoms with Crippen LogP contribution < -0.4 is 4.90 Å². The minimum atomic E-state index is 0.0776. The van der Waals surface area contributed by atoms with Crippen LogP contribution in [-0.2, 0) is 0 Å². The maximum absolute atomic E-state index is 13.2. The van der Waals surface area contributed by atoms with Crippen LogP contribution in [-0.4, -0.2) is 66.7 Å². The van der Waals surface area contributed by atoms with E-state index in [0.717, 1.165) is 44.1 Å². The molecule has 2 bridgehead atoms. The number of fused-ring (bicyclic) bond motifs is 4. The van der Waals surface area contributed by atoms with Crippen LogP contribution in [0.4, 0.5) is 5.95 Å². The first kappa shape index (κ1) is 16.8. The van der Waals surface area contributed by atoms with Gasteiger partial charge in [-0.25, -0.2) is 14.6 Å². The predicted octanol–water partition coefficient (Wildman–Crippen LogP) is 1.19. The van der Waals surface area contributed by atoms with Crippen molar-refractivity contribution in [3.63, 3.8) is 0 Å². The zero-order valence-electron chi connectivity index (χ0n) is 15.3. The molecule has 3 saturated heterocycles. The van der Waals surface area contributed by atoms with Gasteiger partial charge in [0.05, 0.1) is 5.69 Å². The molecule has 28 heavy (non-hydrogen) atoms. The van der Waals surface area contributed by atoms with E-state index in [1.54, 1.807) is 17.1 Å². The van der Waals surface area contributed by atoms with Gasteiger partial charge in [-0.3, -0.25) is 4.79 Å². The Morgan fingerprint density at radius 1 is 1.00 bits per heavy atom. The molecule has 1 amide bonds. The van der Waals surface area contributed by atoms with Gasteiger partial charge in [-0.2, -0.15) is 0 Å². The number of amides is 1. The lowest BCUT2D eigenvalue weighted by Crippen LogP contribution is -2.47. The first-order chi connectivity index (χ1) is 13.8. The number of rotatable bonds is 3. The van der Waals surface area contributed by atoms with Crippen LogP contribution in [0.5, 0.6) is 0 Å². The maximum Gasteiger partial charge on any atom is 0.254 e. The second-order valence-electron chi connectivity index (χ2n) is 7.31. The average Bonchev–Trinajstić information content (AvgIpc) is 3.14. The minimum absolute atomic E-state index is 0.0776. The van der Waals surface area contributed by atoms with Gasteiger partial charge in [-0.1, -0.05) is 0 Å². The van der Waals surface area contributed by atoms with E-state index in [1.807, 2.05) is 35.2 Å². The van der Waals surface area contributed by atoms with Crippen molar-refractivity contribution in [2.75, 3.05) is 24.5 Å². The Labute approximate surface area is 162 Å². The molecule has 6 rings (SSSR count). The molecule has 9 nitrogen and oxygen atoms in total. The largest absolute Gasteiger partial charge is 0.338 e. The average molecular weight is 376 g/mol. The van der Waals surface area contributed by atoms with Crippen molar-refractivity contribution in [1.29, 1.82) is 0 Å². The van der Waals surface area contributed by atoms with Gasteiger partial charge in [0.25, 0.3) is 5.91 Å². The van der Waals surface area contributed by atoms with Gasteiger partial charge in [-0.05, 0) is 59.5 Å². The molecular weight excluding hydrogens is 356 g/mol. The number of hydrogen-bond donors (Lipinski definition) is 0. The number of piperidine rings is 1. The molecule has 0 spiro atoms. The van der Waals surface area contributed by atoms with E-state index in [0.29, 0.717) is 11.5 Å². The highest BCUT2D eigenvalue weighted by Crippen LogP contribution is 2.30. The summed E-state index contributed by atoms with van der Waals surface area (Å²) in [6.45, 7) is 2.44. The van der Waals surface area contributed by atoms with Crippen LogP contribution in [0.3, 0.4) is 0 Å². The number of carbonyl (C=O) groups excluding carboxylic acids is 1. The highest BCUT2D eigenvalue weighted by Gasteiger charge is 2.38. The number of benzene rings is 1. The standard InChI is InChI=1S/C19H20N8O/c28-18(15-3-6-16(7-4-15)27-13-22-23-24-27)26-11-14-2-5-17(26)12-25(10-14)19-20-8-1-9-21-19/h1,3-4,6-9,13-14,17H,2,5,10-12H2. The fraction of sp³-hybridized carbons (Fsp3) is 0.368. The molecule has 2 unspecified atom stereocenters. The molecule has 9 heteroatoms. The summed E-state index contributed by atoms with van der Waals surface area (Å²) in [5.74, 6) is 1.26. The minimum Gasteiger partial charge on any atom is -0.338 e. The van der Waals surface area contributed by atoms with Crippen LogP contribution in [0.15, 0.2) is 49.1 Å². The number of nitrogens with zero attached hydrogens (tertiary/aromatic N) is 8. The third-order valence-electron chi connectivity index (χ3n) is 5.54. The molecule has 3 fully saturated rings. The summed E-state index contributed by atoms with van der Waals surface area (Å²) in [7, 11) is 0. The third kappa shape index (κ3) is 3.08. The third-order valence-corrected chi connectivity index (χ3v) is 5.54. The molecular formula is C19H20N8O. The lowest BCUT2D eigenvalue weighted by Gasteiger charge is -2.36. The quantitative estimate of drug-likeness (QED) is 0.678. The fourth-order valence-corrected chi connectivity index (χ4v) is 4.15. The second kappa shape index (κ2) is 6.99. The van der Waals surface area contributed by atoms with Gasteiger partial charge >= 0.3 is 0 Å². The van der Waals surface area contributed by atoms with Gasteiger partial charge in [0.1, 0.15) is 6.33 Å². The van der Waals surface area contributed by atoms with Gasteiger partial charge in [0.15, 0.2) is 0 Å². The van der Waals surface area contributed by atoms with Crippen LogP contribution in [0.1, 0.15) is 23.2 Å². The molecule has 3 aromatic rings. The SMILES string of the molecule is O=C(c1ccc(-n2cnnn2)cc1)N1CC2CCC1CN(c1ncccn1)C2. The number of anilines is 1. The molecule has 2 aromatic heterocycles. The Kier molecular flexibility index (Phi) is 4.19. The van der Waals surface area contributed by atoms with Crippen molar-refractivity contribution in [3.05, 3.63) is 54.6 Å². The Morgan fingerprint density at radius 2 is 1.82 bits per heavy atom. The number of tetrazole rings is 1. The van der Waals surface area contributed by atoms with Crippen molar-refractivity contribution in [2.45, 2.75) is 18.9 Å². The van der Waals surface area contributed by atoms with E-state index in [-0.39, 0.29) is 11.9 Å². The Bertz CT molecular complexity index is 944. The normalized spacial score (nSPS) is 21.6. The molecule has 142 valence electrons. The van der Waals surface area contributed by atoms with Gasteiger partial charge in [-0.15, -0.1) is 5.10 Å². The summed E-state index contributed by atoms with van der Waals surface area (Å²) in [6, 6.07) is 9.42. The van der Waals surface area contributed by atoms with E-state index in [2.05, 4.69) is 30.4 Å². The zero-order valence-corrected chi connectivity index (χ0v) is 15.3. The smallest absolute Gasteiger partial charge is 0.254 e. The topological polar surface area (TPSA) is 92.9 Å². The number of hydrogen-bond acceptors (Lipinski definition) is 7. The maximum atomic E-state index is 13.2. The van der Waals surface area contributed by atoms with Gasteiger partial charge in [0, 0.05) is 43.6 Å². The fourth-order valence-electron chi connectivity index (χ4n) is 4.15. The molecule has 0 saturated carbocycles. The lowest BCUT2D eigenvalue weighted by atomic mass is 9.94. The monoisotopic (exact) mass is 376 g/mol. The van der Waals surface area contributed by atoms with Crippen molar-refractivity contribution < 1.29 is 4.79 Å². The Balaban J connectivity index is 1.35. The van der Waals surface area contributed by atoms with E-state index in [4.69, 9.17) is 0 Å². The zero-order chi connectivity index (χ0) is 18.9. The van der Waals surface area contributed by atoms with E-state index < -0.39 is 0 Å². The first-order valence-corrected chi connectivity index (χ1v) is 9.44. The van der Waals surface area contributed by atoms with Crippen molar-refractivity contribution >= 4 is 11.9 Å².